The van der Waals surface area contributed by atoms with E-state index in [2.05, 4.69) is 61.3 Å². The van der Waals surface area contributed by atoms with Gasteiger partial charge in [-0.25, -0.2) is 0 Å². The van der Waals surface area contributed by atoms with Crippen LogP contribution in [-0.2, 0) is 12.8 Å². The molecule has 7 heteroatoms. The summed E-state index contributed by atoms with van der Waals surface area (Å²) >= 11 is 0. The van der Waals surface area contributed by atoms with Crippen LogP contribution in [0.4, 0.5) is 11.8 Å². The fourth-order valence-electron chi connectivity index (χ4n) is 3.27. The summed E-state index contributed by atoms with van der Waals surface area (Å²) in [5.41, 5.74) is 3.63. The first kappa shape index (κ1) is 18.7. The molecule has 2 aromatic heterocycles. The molecular formula is C22H24N6O. The lowest BCUT2D eigenvalue weighted by molar-refractivity contribution is 0.414. The highest BCUT2D eigenvalue weighted by Gasteiger charge is 2.04. The van der Waals surface area contributed by atoms with Gasteiger partial charge in [-0.2, -0.15) is 10.1 Å². The summed E-state index contributed by atoms with van der Waals surface area (Å²) in [5, 5.41) is 15.9. The van der Waals surface area contributed by atoms with E-state index in [9.17, 15) is 0 Å². The topological polar surface area (TPSA) is 87.8 Å². The van der Waals surface area contributed by atoms with Crippen LogP contribution in [0.15, 0.2) is 60.9 Å². The number of para-hydroxylation sites is 1. The molecule has 0 aliphatic heterocycles. The fraction of sp³-hybridized carbons (Fsp3) is 0.227. The molecule has 0 aliphatic carbocycles. The van der Waals surface area contributed by atoms with E-state index in [1.807, 2.05) is 24.3 Å². The Kier molecular flexibility index (Phi) is 5.85. The van der Waals surface area contributed by atoms with Gasteiger partial charge in [0.15, 0.2) is 5.82 Å². The highest BCUT2D eigenvalue weighted by Crippen LogP contribution is 2.18. The van der Waals surface area contributed by atoms with Crippen LogP contribution < -0.4 is 15.4 Å². The van der Waals surface area contributed by atoms with Crippen LogP contribution in [0.25, 0.3) is 10.9 Å². The predicted octanol–water partition coefficient (Wildman–Crippen LogP) is 3.67. The van der Waals surface area contributed by atoms with Crippen molar-refractivity contribution in [2.24, 2.45) is 0 Å². The van der Waals surface area contributed by atoms with E-state index in [1.165, 1.54) is 16.5 Å². The molecule has 0 spiro atoms. The van der Waals surface area contributed by atoms with Crippen molar-refractivity contribution in [3.63, 3.8) is 0 Å². The zero-order chi connectivity index (χ0) is 19.9. The number of methoxy groups -OCH3 is 1. The number of nitrogens with one attached hydrogen (secondary N) is 3. The van der Waals surface area contributed by atoms with Gasteiger partial charge in [-0.15, -0.1) is 5.10 Å². The number of hydrogen-bond acceptors (Lipinski definition) is 6. The molecule has 0 radical (unpaired) electrons. The molecule has 2 aromatic carbocycles. The normalized spacial score (nSPS) is 10.8. The van der Waals surface area contributed by atoms with Gasteiger partial charge in [-0.1, -0.05) is 30.3 Å². The Bertz CT molecular complexity index is 1080. The first-order valence-electron chi connectivity index (χ1n) is 9.67. The smallest absolute Gasteiger partial charge is 0.244 e. The van der Waals surface area contributed by atoms with E-state index in [4.69, 9.17) is 4.74 Å². The van der Waals surface area contributed by atoms with Crippen LogP contribution in [0, 0.1) is 0 Å². The van der Waals surface area contributed by atoms with Crippen molar-refractivity contribution in [3.8, 4) is 5.75 Å². The molecule has 0 saturated carbocycles. The molecule has 0 aliphatic rings. The molecule has 0 fully saturated rings. The number of H-pyrrole nitrogens is 1. The molecule has 0 unspecified atom stereocenters. The minimum Gasteiger partial charge on any atom is -0.497 e. The second-order valence-corrected chi connectivity index (χ2v) is 6.73. The molecule has 3 N–H and O–H groups in total. The molecule has 0 amide bonds. The average Bonchev–Trinajstić information content (AvgIpc) is 3.17. The summed E-state index contributed by atoms with van der Waals surface area (Å²) in [6.07, 6.45) is 5.43. The first-order chi connectivity index (χ1) is 14.3. The van der Waals surface area contributed by atoms with Gasteiger partial charge in [0.05, 0.1) is 13.3 Å². The molecule has 0 saturated heterocycles. The Hall–Kier alpha value is -3.61. The Morgan fingerprint density at radius 1 is 1.00 bits per heavy atom. The van der Waals surface area contributed by atoms with Gasteiger partial charge in [-0.3, -0.25) is 0 Å². The summed E-state index contributed by atoms with van der Waals surface area (Å²) in [5.74, 6) is 2.10. The number of aromatic nitrogens is 4. The molecule has 2 heterocycles. The maximum Gasteiger partial charge on any atom is 0.244 e. The fourth-order valence-corrected chi connectivity index (χ4v) is 3.27. The van der Waals surface area contributed by atoms with Gasteiger partial charge >= 0.3 is 0 Å². The Morgan fingerprint density at radius 3 is 2.83 bits per heavy atom. The van der Waals surface area contributed by atoms with Crippen molar-refractivity contribution in [2.75, 3.05) is 30.8 Å². The van der Waals surface area contributed by atoms with Crippen LogP contribution in [-0.4, -0.2) is 40.4 Å². The summed E-state index contributed by atoms with van der Waals surface area (Å²) in [7, 11) is 1.68. The van der Waals surface area contributed by atoms with E-state index in [1.54, 1.807) is 13.3 Å². The highest BCUT2D eigenvalue weighted by atomic mass is 16.5. The van der Waals surface area contributed by atoms with E-state index in [-0.39, 0.29) is 0 Å². The van der Waals surface area contributed by atoms with Crippen LogP contribution in [0.3, 0.4) is 0 Å². The van der Waals surface area contributed by atoms with Crippen molar-refractivity contribution in [2.45, 2.75) is 12.8 Å². The first-order valence-corrected chi connectivity index (χ1v) is 9.67. The SMILES string of the molecule is COc1cccc(CCNc2cnnc(NCCc3c[nH]c4ccccc34)n2)c1. The average molecular weight is 388 g/mol. The van der Waals surface area contributed by atoms with Gasteiger partial charge in [0.25, 0.3) is 0 Å². The number of hydrogen-bond donors (Lipinski definition) is 3. The molecule has 7 nitrogen and oxygen atoms in total. The number of aromatic amines is 1. The van der Waals surface area contributed by atoms with Gasteiger partial charge in [0.2, 0.25) is 5.95 Å². The van der Waals surface area contributed by atoms with Crippen molar-refractivity contribution in [1.82, 2.24) is 20.2 Å². The van der Waals surface area contributed by atoms with E-state index < -0.39 is 0 Å². The maximum absolute atomic E-state index is 5.26. The van der Waals surface area contributed by atoms with E-state index in [0.29, 0.717) is 11.8 Å². The third-order valence-corrected chi connectivity index (χ3v) is 4.77. The summed E-state index contributed by atoms with van der Waals surface area (Å²) in [6, 6.07) is 16.4. The zero-order valence-corrected chi connectivity index (χ0v) is 16.4. The number of benzene rings is 2. The van der Waals surface area contributed by atoms with Crippen LogP contribution in [0.2, 0.25) is 0 Å². The number of ether oxygens (including phenoxy) is 1. The second-order valence-electron chi connectivity index (χ2n) is 6.73. The quantitative estimate of drug-likeness (QED) is 0.405. The lowest BCUT2D eigenvalue weighted by atomic mass is 10.1. The van der Waals surface area contributed by atoms with Gasteiger partial charge in [-0.05, 0) is 42.2 Å². The zero-order valence-electron chi connectivity index (χ0n) is 16.4. The van der Waals surface area contributed by atoms with Crippen molar-refractivity contribution in [3.05, 3.63) is 72.1 Å². The third kappa shape index (κ3) is 4.82. The molecule has 29 heavy (non-hydrogen) atoms. The minimum atomic E-state index is 0.524. The Morgan fingerprint density at radius 2 is 1.90 bits per heavy atom. The lowest BCUT2D eigenvalue weighted by Crippen LogP contribution is -2.12. The molecule has 0 atom stereocenters. The predicted molar refractivity (Wildman–Crippen MR) is 116 cm³/mol. The van der Waals surface area contributed by atoms with Crippen LogP contribution in [0.5, 0.6) is 5.75 Å². The molecule has 4 rings (SSSR count). The molecule has 4 aromatic rings. The van der Waals surface area contributed by atoms with E-state index >= 15 is 0 Å². The number of anilines is 2. The number of nitrogens with zero attached hydrogens (tertiary/aromatic N) is 3. The second kappa shape index (κ2) is 9.05. The largest absolute Gasteiger partial charge is 0.497 e. The van der Waals surface area contributed by atoms with Gasteiger partial charge in [0, 0.05) is 30.2 Å². The standard InChI is InChI=1S/C22H24N6O/c1-29-18-6-4-5-16(13-18)9-11-23-21-15-26-28-22(27-21)24-12-10-17-14-25-20-8-3-2-7-19(17)20/h2-8,13-15,25H,9-12H2,1H3,(H2,23,24,27,28). The monoisotopic (exact) mass is 388 g/mol. The lowest BCUT2D eigenvalue weighted by Gasteiger charge is -2.08. The Labute approximate surface area is 169 Å². The minimum absolute atomic E-state index is 0.524. The molecular weight excluding hydrogens is 364 g/mol. The molecule has 148 valence electrons. The van der Waals surface area contributed by atoms with E-state index in [0.717, 1.165) is 37.2 Å². The Balaban J connectivity index is 1.28. The van der Waals surface area contributed by atoms with Crippen molar-refractivity contribution < 1.29 is 4.74 Å². The molecule has 0 bridgehead atoms. The van der Waals surface area contributed by atoms with Crippen LogP contribution >= 0.6 is 0 Å². The summed E-state index contributed by atoms with van der Waals surface area (Å²) in [4.78, 5) is 7.79. The number of rotatable bonds is 9. The van der Waals surface area contributed by atoms with Crippen molar-refractivity contribution in [1.29, 1.82) is 0 Å². The number of fused-ring (bicyclic) bond motifs is 1. The van der Waals surface area contributed by atoms with Crippen molar-refractivity contribution >= 4 is 22.7 Å². The van der Waals surface area contributed by atoms with Gasteiger partial charge < -0.3 is 20.4 Å². The summed E-state index contributed by atoms with van der Waals surface area (Å²) in [6.45, 7) is 1.48. The summed E-state index contributed by atoms with van der Waals surface area (Å²) < 4.78 is 5.26. The third-order valence-electron chi connectivity index (χ3n) is 4.77. The van der Waals surface area contributed by atoms with Crippen LogP contribution in [0.1, 0.15) is 11.1 Å². The van der Waals surface area contributed by atoms with Gasteiger partial charge in [0.1, 0.15) is 5.75 Å². The highest BCUT2D eigenvalue weighted by molar-refractivity contribution is 5.83. The maximum atomic E-state index is 5.26.